The van der Waals surface area contributed by atoms with Gasteiger partial charge in [0, 0.05) is 28.3 Å². The first-order valence-electron chi connectivity index (χ1n) is 4.50. The van der Waals surface area contributed by atoms with Gasteiger partial charge in [-0.1, -0.05) is 6.92 Å². The molecule has 0 aliphatic heterocycles. The molecule has 0 aliphatic rings. The normalized spacial score (nSPS) is 17.4. The van der Waals surface area contributed by atoms with Crippen LogP contribution in [0.3, 0.4) is 0 Å². The van der Waals surface area contributed by atoms with Crippen molar-refractivity contribution >= 4 is 10.8 Å². The zero-order valence-corrected chi connectivity index (χ0v) is 9.36. The lowest BCUT2D eigenvalue weighted by atomic mass is 10.2. The molecule has 0 amide bonds. The Morgan fingerprint density at radius 3 is 2.62 bits per heavy atom. The van der Waals surface area contributed by atoms with Gasteiger partial charge < -0.3 is 5.32 Å². The summed E-state index contributed by atoms with van der Waals surface area (Å²) < 4.78 is 11.0. The molecule has 0 saturated heterocycles. The lowest BCUT2D eigenvalue weighted by molar-refractivity contribution is 0.541. The van der Waals surface area contributed by atoms with Gasteiger partial charge in [-0.15, -0.1) is 0 Å². The van der Waals surface area contributed by atoms with Crippen LogP contribution in [0.4, 0.5) is 0 Å². The van der Waals surface area contributed by atoms with Crippen molar-refractivity contribution in [1.82, 2.24) is 5.32 Å². The van der Waals surface area contributed by atoms with E-state index in [4.69, 9.17) is 5.26 Å². The number of hydrogen-bond donors (Lipinski definition) is 1. The molecular weight excluding hydrogens is 184 g/mol. The summed E-state index contributed by atoms with van der Waals surface area (Å²) in [6.45, 7) is 4.80. The van der Waals surface area contributed by atoms with Crippen LogP contribution in [0.25, 0.3) is 0 Å². The number of rotatable bonds is 6. The topological polar surface area (TPSA) is 52.9 Å². The maximum Gasteiger partial charge on any atom is 0.0638 e. The molecule has 0 saturated carbocycles. The fraction of sp³-hybridized carbons (Fsp3) is 0.889. The van der Waals surface area contributed by atoms with E-state index in [9.17, 15) is 4.21 Å². The van der Waals surface area contributed by atoms with E-state index in [-0.39, 0.29) is 11.3 Å². The summed E-state index contributed by atoms with van der Waals surface area (Å²) >= 11 is 0. The van der Waals surface area contributed by atoms with Crippen molar-refractivity contribution in [1.29, 1.82) is 5.26 Å². The summed E-state index contributed by atoms with van der Waals surface area (Å²) in [5.74, 6) is 0. The Hall–Kier alpha value is -0.400. The fourth-order valence-electron chi connectivity index (χ4n) is 0.908. The van der Waals surface area contributed by atoms with Crippen LogP contribution in [0.1, 0.15) is 26.7 Å². The minimum Gasteiger partial charge on any atom is -0.313 e. The van der Waals surface area contributed by atoms with Gasteiger partial charge in [-0.05, 0) is 19.9 Å². The molecule has 0 spiro atoms. The second kappa shape index (κ2) is 7.05. The lowest BCUT2D eigenvalue weighted by Gasteiger charge is -2.12. The fourth-order valence-corrected chi connectivity index (χ4v) is 1.36. The number of nitriles is 1. The van der Waals surface area contributed by atoms with Crippen molar-refractivity contribution in [2.45, 2.75) is 38.0 Å². The predicted molar refractivity (Wildman–Crippen MR) is 55.8 cm³/mol. The van der Waals surface area contributed by atoms with Gasteiger partial charge >= 0.3 is 0 Å². The van der Waals surface area contributed by atoms with Crippen molar-refractivity contribution in [2.75, 3.05) is 12.8 Å². The van der Waals surface area contributed by atoms with Crippen molar-refractivity contribution in [3.8, 4) is 6.07 Å². The van der Waals surface area contributed by atoms with Crippen molar-refractivity contribution in [2.24, 2.45) is 0 Å². The molecule has 76 valence electrons. The van der Waals surface area contributed by atoms with Crippen LogP contribution < -0.4 is 5.32 Å². The SMILES string of the molecule is CC(CC#N)NCCC(C)S(C)=O. The smallest absolute Gasteiger partial charge is 0.0638 e. The third-order valence-electron chi connectivity index (χ3n) is 2.01. The molecule has 3 atom stereocenters. The van der Waals surface area contributed by atoms with E-state index in [0.717, 1.165) is 13.0 Å². The van der Waals surface area contributed by atoms with Crippen LogP contribution in [0.15, 0.2) is 0 Å². The van der Waals surface area contributed by atoms with Gasteiger partial charge in [-0.2, -0.15) is 5.26 Å². The minimum absolute atomic E-state index is 0.238. The molecule has 0 bridgehead atoms. The Morgan fingerprint density at radius 2 is 2.15 bits per heavy atom. The van der Waals surface area contributed by atoms with Crippen LogP contribution in [0.2, 0.25) is 0 Å². The Kier molecular flexibility index (Phi) is 6.83. The second-order valence-electron chi connectivity index (χ2n) is 3.32. The van der Waals surface area contributed by atoms with E-state index >= 15 is 0 Å². The highest BCUT2D eigenvalue weighted by Gasteiger charge is 2.06. The Labute approximate surface area is 83.0 Å². The van der Waals surface area contributed by atoms with Gasteiger partial charge in [0.1, 0.15) is 0 Å². The number of nitrogens with one attached hydrogen (secondary N) is 1. The Balaban J connectivity index is 3.45. The third kappa shape index (κ3) is 6.73. The largest absolute Gasteiger partial charge is 0.313 e. The van der Waals surface area contributed by atoms with Crippen molar-refractivity contribution < 1.29 is 4.21 Å². The first kappa shape index (κ1) is 12.6. The number of hydrogen-bond acceptors (Lipinski definition) is 3. The van der Waals surface area contributed by atoms with Crippen molar-refractivity contribution in [3.05, 3.63) is 0 Å². The maximum atomic E-state index is 11.0. The molecule has 4 heteroatoms. The highest BCUT2D eigenvalue weighted by Crippen LogP contribution is 1.98. The molecule has 13 heavy (non-hydrogen) atoms. The first-order chi connectivity index (χ1) is 6.07. The summed E-state index contributed by atoms with van der Waals surface area (Å²) in [5, 5.41) is 11.8. The summed E-state index contributed by atoms with van der Waals surface area (Å²) in [7, 11) is -0.734. The Bertz CT molecular complexity index is 200. The zero-order valence-electron chi connectivity index (χ0n) is 8.54. The first-order valence-corrected chi connectivity index (χ1v) is 6.12. The summed E-state index contributed by atoms with van der Waals surface area (Å²) in [6, 6.07) is 2.34. The number of nitrogens with zero attached hydrogens (tertiary/aromatic N) is 1. The van der Waals surface area contributed by atoms with Crippen LogP contribution in [0.5, 0.6) is 0 Å². The van der Waals surface area contributed by atoms with Crippen molar-refractivity contribution in [3.63, 3.8) is 0 Å². The zero-order chi connectivity index (χ0) is 10.3. The molecule has 0 fully saturated rings. The van der Waals surface area contributed by atoms with E-state index in [1.165, 1.54) is 0 Å². The predicted octanol–water partition coefficient (Wildman–Crippen LogP) is 1.04. The molecular formula is C9H18N2OS. The second-order valence-corrected chi connectivity index (χ2v) is 5.12. The van der Waals surface area contributed by atoms with Crippen LogP contribution >= 0.6 is 0 Å². The minimum atomic E-state index is -0.734. The van der Waals surface area contributed by atoms with Gasteiger partial charge in [-0.25, -0.2) is 0 Å². The molecule has 3 nitrogen and oxygen atoms in total. The molecule has 0 aliphatic carbocycles. The molecule has 1 N–H and O–H groups in total. The van der Waals surface area contributed by atoms with Gasteiger partial charge in [-0.3, -0.25) is 4.21 Å². The van der Waals surface area contributed by atoms with Gasteiger partial charge in [0.2, 0.25) is 0 Å². The average Bonchev–Trinajstić information content (AvgIpc) is 2.04. The van der Waals surface area contributed by atoms with Crippen LogP contribution in [0, 0.1) is 11.3 Å². The third-order valence-corrected chi connectivity index (χ3v) is 3.38. The molecule has 0 rings (SSSR count). The van der Waals surface area contributed by atoms with E-state index in [1.54, 1.807) is 6.26 Å². The summed E-state index contributed by atoms with van der Waals surface area (Å²) in [6.07, 6.45) is 3.16. The lowest BCUT2D eigenvalue weighted by Crippen LogP contribution is -2.29. The maximum absolute atomic E-state index is 11.0. The average molecular weight is 202 g/mol. The Morgan fingerprint density at radius 1 is 1.54 bits per heavy atom. The summed E-state index contributed by atoms with van der Waals surface area (Å²) in [4.78, 5) is 0. The van der Waals surface area contributed by atoms with Gasteiger partial charge in [0.25, 0.3) is 0 Å². The molecule has 0 aromatic heterocycles. The van der Waals surface area contributed by atoms with Crippen LogP contribution in [-0.2, 0) is 10.8 Å². The molecule has 0 aromatic carbocycles. The molecule has 0 radical (unpaired) electrons. The highest BCUT2D eigenvalue weighted by atomic mass is 32.2. The van der Waals surface area contributed by atoms with E-state index < -0.39 is 10.8 Å². The highest BCUT2D eigenvalue weighted by molar-refractivity contribution is 7.84. The monoisotopic (exact) mass is 202 g/mol. The summed E-state index contributed by atoms with van der Waals surface area (Å²) in [5.41, 5.74) is 0. The van der Waals surface area contributed by atoms with E-state index in [1.807, 2.05) is 13.8 Å². The van der Waals surface area contributed by atoms with Crippen LogP contribution in [-0.4, -0.2) is 28.3 Å². The van der Waals surface area contributed by atoms with E-state index in [2.05, 4.69) is 11.4 Å². The molecule has 0 heterocycles. The standard InChI is InChI=1S/C9H18N2OS/c1-8(4-6-10)11-7-5-9(2)13(3)12/h8-9,11H,4-5,7H2,1-3H3. The quantitative estimate of drug-likeness (QED) is 0.700. The van der Waals surface area contributed by atoms with Gasteiger partial charge in [0.15, 0.2) is 0 Å². The molecule has 0 aromatic rings. The molecule has 3 unspecified atom stereocenters. The van der Waals surface area contributed by atoms with E-state index in [0.29, 0.717) is 6.42 Å². The van der Waals surface area contributed by atoms with Gasteiger partial charge in [0.05, 0.1) is 12.5 Å².